The summed E-state index contributed by atoms with van der Waals surface area (Å²) >= 11 is 0. The van der Waals surface area contributed by atoms with Gasteiger partial charge < -0.3 is 15.4 Å². The van der Waals surface area contributed by atoms with Crippen LogP contribution < -0.4 is 10.6 Å². The Morgan fingerprint density at radius 1 is 1.32 bits per heavy atom. The quantitative estimate of drug-likeness (QED) is 0.887. The van der Waals surface area contributed by atoms with Crippen molar-refractivity contribution in [1.82, 2.24) is 15.1 Å². The molecule has 0 bridgehead atoms. The van der Waals surface area contributed by atoms with E-state index in [0.717, 1.165) is 23.7 Å². The number of benzene rings is 1. The van der Waals surface area contributed by atoms with Gasteiger partial charge in [0, 0.05) is 24.2 Å². The Bertz CT molecular complexity index is 758. The number of hydrogen-bond acceptors (Lipinski definition) is 3. The van der Waals surface area contributed by atoms with Crippen molar-refractivity contribution in [2.75, 3.05) is 18.5 Å². The molecule has 1 aliphatic heterocycles. The van der Waals surface area contributed by atoms with E-state index in [1.54, 1.807) is 10.9 Å². The number of halogens is 3. The largest absolute Gasteiger partial charge is 0.418 e. The molecule has 0 saturated carbocycles. The summed E-state index contributed by atoms with van der Waals surface area (Å²) in [5.41, 5.74) is 0.929. The molecule has 2 aromatic rings. The molecule has 0 atom stereocenters. The number of alkyl halides is 3. The molecule has 134 valence electrons. The molecule has 3 rings (SSSR count). The van der Waals surface area contributed by atoms with Crippen LogP contribution in [0.3, 0.4) is 0 Å². The topological polar surface area (TPSA) is 68.2 Å². The molecule has 2 amide bonds. The van der Waals surface area contributed by atoms with Crippen molar-refractivity contribution >= 4 is 11.7 Å². The molecule has 1 aromatic carbocycles. The summed E-state index contributed by atoms with van der Waals surface area (Å²) < 4.78 is 45.8. The van der Waals surface area contributed by atoms with Gasteiger partial charge in [-0.15, -0.1) is 0 Å². The fourth-order valence-corrected chi connectivity index (χ4v) is 2.68. The van der Waals surface area contributed by atoms with Gasteiger partial charge in [0.2, 0.25) is 0 Å². The van der Waals surface area contributed by atoms with Gasteiger partial charge in [-0.1, -0.05) is 12.1 Å². The molecule has 0 radical (unpaired) electrons. The average Bonchev–Trinajstić information content (AvgIpc) is 2.98. The SMILES string of the molecule is O=C(NCCn1ncc2c1CCOC2)Nc1ccccc1C(F)(F)F. The minimum absolute atomic E-state index is 0.245. The number of rotatable bonds is 4. The number of urea groups is 1. The van der Waals surface area contributed by atoms with Crippen molar-refractivity contribution < 1.29 is 22.7 Å². The zero-order chi connectivity index (χ0) is 17.9. The fourth-order valence-electron chi connectivity index (χ4n) is 2.68. The van der Waals surface area contributed by atoms with Crippen molar-refractivity contribution in [2.24, 2.45) is 0 Å². The summed E-state index contributed by atoms with van der Waals surface area (Å²) in [6.07, 6.45) is -2.05. The first kappa shape index (κ1) is 17.3. The first-order chi connectivity index (χ1) is 11.9. The Morgan fingerprint density at radius 2 is 2.12 bits per heavy atom. The number of amides is 2. The van der Waals surface area contributed by atoms with Gasteiger partial charge in [-0.3, -0.25) is 4.68 Å². The molecule has 0 spiro atoms. The second-order valence-corrected chi connectivity index (χ2v) is 5.57. The third-order valence-corrected chi connectivity index (χ3v) is 3.87. The predicted octanol–water partition coefficient (Wildman–Crippen LogP) is 2.80. The molecule has 0 aliphatic carbocycles. The number of hydrogen-bond donors (Lipinski definition) is 2. The van der Waals surface area contributed by atoms with E-state index in [9.17, 15) is 18.0 Å². The Labute approximate surface area is 142 Å². The maximum Gasteiger partial charge on any atom is 0.418 e. The zero-order valence-electron chi connectivity index (χ0n) is 13.3. The highest BCUT2D eigenvalue weighted by molar-refractivity contribution is 5.90. The monoisotopic (exact) mass is 354 g/mol. The standard InChI is InChI=1S/C16H17F3N4O2/c17-16(18,19)12-3-1-2-4-13(12)22-15(24)20-6-7-23-14-5-8-25-10-11(14)9-21-23/h1-4,9H,5-8,10H2,(H2,20,22,24). The zero-order valence-corrected chi connectivity index (χ0v) is 13.3. The molecule has 0 fully saturated rings. The van der Waals surface area contributed by atoms with Gasteiger partial charge in [0.05, 0.1) is 37.2 Å². The number of nitrogens with zero attached hydrogens (tertiary/aromatic N) is 2. The van der Waals surface area contributed by atoms with Gasteiger partial charge in [-0.05, 0) is 12.1 Å². The molecule has 9 heteroatoms. The number of carbonyl (C=O) groups is 1. The van der Waals surface area contributed by atoms with Crippen LogP contribution in [-0.2, 0) is 30.5 Å². The lowest BCUT2D eigenvalue weighted by Gasteiger charge is -2.16. The van der Waals surface area contributed by atoms with Gasteiger partial charge >= 0.3 is 12.2 Å². The number of carbonyl (C=O) groups excluding carboxylic acids is 1. The van der Waals surface area contributed by atoms with E-state index in [4.69, 9.17) is 4.74 Å². The third-order valence-electron chi connectivity index (χ3n) is 3.87. The third kappa shape index (κ3) is 4.11. The highest BCUT2D eigenvalue weighted by Crippen LogP contribution is 2.34. The predicted molar refractivity (Wildman–Crippen MR) is 84.1 cm³/mol. The Balaban J connectivity index is 1.55. The van der Waals surface area contributed by atoms with Crippen LogP contribution in [0.15, 0.2) is 30.5 Å². The number of nitrogens with one attached hydrogen (secondary N) is 2. The molecule has 6 nitrogen and oxygen atoms in total. The average molecular weight is 354 g/mol. The van der Waals surface area contributed by atoms with Gasteiger partial charge in [-0.2, -0.15) is 18.3 Å². The summed E-state index contributed by atoms with van der Waals surface area (Å²) in [6.45, 7) is 1.83. The van der Waals surface area contributed by atoms with E-state index >= 15 is 0 Å². The lowest BCUT2D eigenvalue weighted by Crippen LogP contribution is -2.32. The van der Waals surface area contributed by atoms with Crippen molar-refractivity contribution in [2.45, 2.75) is 25.7 Å². The smallest absolute Gasteiger partial charge is 0.376 e. The van der Waals surface area contributed by atoms with Crippen LogP contribution in [0.25, 0.3) is 0 Å². The van der Waals surface area contributed by atoms with E-state index in [1.807, 2.05) is 0 Å². The maximum absolute atomic E-state index is 12.9. The summed E-state index contributed by atoms with van der Waals surface area (Å²) in [7, 11) is 0. The summed E-state index contributed by atoms with van der Waals surface area (Å²) in [5.74, 6) is 0. The van der Waals surface area contributed by atoms with Crippen molar-refractivity contribution in [1.29, 1.82) is 0 Å². The second kappa shape index (κ2) is 7.14. The van der Waals surface area contributed by atoms with E-state index in [2.05, 4.69) is 15.7 Å². The van der Waals surface area contributed by atoms with Crippen LogP contribution in [0, 0.1) is 0 Å². The number of fused-ring (bicyclic) bond motifs is 1. The normalized spacial score (nSPS) is 14.0. The summed E-state index contributed by atoms with van der Waals surface area (Å²) in [4.78, 5) is 11.9. The number of anilines is 1. The lowest BCUT2D eigenvalue weighted by molar-refractivity contribution is -0.136. The molecular formula is C16H17F3N4O2. The number of ether oxygens (including phenoxy) is 1. The molecule has 0 unspecified atom stereocenters. The highest BCUT2D eigenvalue weighted by atomic mass is 19.4. The Hall–Kier alpha value is -2.55. The van der Waals surface area contributed by atoms with E-state index < -0.39 is 17.8 Å². The summed E-state index contributed by atoms with van der Waals surface area (Å²) in [5, 5.41) is 9.03. The van der Waals surface area contributed by atoms with Crippen molar-refractivity contribution in [3.8, 4) is 0 Å². The molecule has 1 aliphatic rings. The molecule has 25 heavy (non-hydrogen) atoms. The van der Waals surface area contributed by atoms with Gasteiger partial charge in [0.25, 0.3) is 0 Å². The minimum atomic E-state index is -4.53. The van der Waals surface area contributed by atoms with E-state index in [0.29, 0.717) is 19.8 Å². The van der Waals surface area contributed by atoms with E-state index in [1.165, 1.54) is 18.2 Å². The first-order valence-electron chi connectivity index (χ1n) is 7.77. The van der Waals surface area contributed by atoms with Gasteiger partial charge in [0.15, 0.2) is 0 Å². The van der Waals surface area contributed by atoms with Crippen LogP contribution in [0.5, 0.6) is 0 Å². The van der Waals surface area contributed by atoms with Crippen LogP contribution in [0.2, 0.25) is 0 Å². The Morgan fingerprint density at radius 3 is 2.92 bits per heavy atom. The first-order valence-corrected chi connectivity index (χ1v) is 7.77. The van der Waals surface area contributed by atoms with Crippen LogP contribution >= 0.6 is 0 Å². The maximum atomic E-state index is 12.9. The molecular weight excluding hydrogens is 337 g/mol. The summed E-state index contributed by atoms with van der Waals surface area (Å²) in [6, 6.07) is 4.15. The van der Waals surface area contributed by atoms with Crippen LogP contribution in [-0.4, -0.2) is 29.0 Å². The Kier molecular flexibility index (Phi) is 4.93. The fraction of sp³-hybridized carbons (Fsp3) is 0.375. The van der Waals surface area contributed by atoms with Gasteiger partial charge in [0.1, 0.15) is 0 Å². The van der Waals surface area contributed by atoms with Crippen molar-refractivity contribution in [3.05, 3.63) is 47.3 Å². The molecule has 2 N–H and O–H groups in total. The molecule has 1 aromatic heterocycles. The second-order valence-electron chi connectivity index (χ2n) is 5.57. The van der Waals surface area contributed by atoms with Gasteiger partial charge in [-0.25, -0.2) is 4.79 Å². The van der Waals surface area contributed by atoms with Crippen LogP contribution in [0.1, 0.15) is 16.8 Å². The molecule has 0 saturated heterocycles. The lowest BCUT2D eigenvalue weighted by atomic mass is 10.1. The van der Waals surface area contributed by atoms with Crippen LogP contribution in [0.4, 0.5) is 23.7 Å². The highest BCUT2D eigenvalue weighted by Gasteiger charge is 2.33. The number of aromatic nitrogens is 2. The minimum Gasteiger partial charge on any atom is -0.376 e. The molecule has 2 heterocycles. The van der Waals surface area contributed by atoms with Crippen molar-refractivity contribution in [3.63, 3.8) is 0 Å². The van der Waals surface area contributed by atoms with E-state index in [-0.39, 0.29) is 12.2 Å². The number of para-hydroxylation sites is 1.